The highest BCUT2D eigenvalue weighted by atomic mass is 35.5. The van der Waals surface area contributed by atoms with Crippen LogP contribution in [0.1, 0.15) is 60.0 Å². The maximum absolute atomic E-state index is 12.7. The molecule has 5 aromatic rings. The molecular weight excluding hydrogens is 506 g/mol. The number of amides is 1. The Hall–Kier alpha value is -4.02. The number of hydrogen-bond donors (Lipinski definition) is 3. The van der Waals surface area contributed by atoms with Crippen molar-refractivity contribution in [2.45, 2.75) is 44.2 Å². The molecule has 1 aliphatic rings. The number of rotatable bonds is 6. The molecule has 0 bridgehead atoms. The molecule has 6 rings (SSSR count). The number of aliphatic hydroxyl groups is 1. The molecule has 0 aliphatic heterocycles. The number of aryl methyl sites for hydroxylation is 1. The van der Waals surface area contributed by atoms with Gasteiger partial charge >= 0.3 is 0 Å². The third-order valence-electron chi connectivity index (χ3n) is 6.97. The molecule has 0 spiro atoms. The van der Waals surface area contributed by atoms with Gasteiger partial charge in [-0.3, -0.25) is 9.48 Å². The number of carbonyl (C=O) groups excluding carboxylic acids is 1. The van der Waals surface area contributed by atoms with Crippen molar-refractivity contribution in [1.29, 1.82) is 0 Å². The normalized spacial score (nSPS) is 15.1. The average Bonchev–Trinajstić information content (AvgIpc) is 3.68. The summed E-state index contributed by atoms with van der Waals surface area (Å²) in [5.41, 5.74) is 3.96. The smallest absolute Gasteiger partial charge is 0.251 e. The zero-order valence-corrected chi connectivity index (χ0v) is 21.4. The first-order valence-electron chi connectivity index (χ1n) is 12.5. The molecule has 1 saturated carbocycles. The Kier molecular flexibility index (Phi) is 6.42. The van der Waals surface area contributed by atoms with E-state index in [1.807, 2.05) is 19.3 Å². The molecule has 1 aromatic carbocycles. The van der Waals surface area contributed by atoms with E-state index in [2.05, 4.69) is 30.6 Å². The van der Waals surface area contributed by atoms with Crippen LogP contribution in [0, 0.1) is 0 Å². The Morgan fingerprint density at radius 2 is 2.03 bits per heavy atom. The molecule has 10 nitrogen and oxygen atoms in total. The van der Waals surface area contributed by atoms with E-state index in [0.717, 1.165) is 42.2 Å². The van der Waals surface area contributed by atoms with Crippen molar-refractivity contribution < 1.29 is 14.3 Å². The summed E-state index contributed by atoms with van der Waals surface area (Å²) in [7, 11) is 1.86. The summed E-state index contributed by atoms with van der Waals surface area (Å²) in [5.74, 6) is 0.0561. The first-order chi connectivity index (χ1) is 18.5. The van der Waals surface area contributed by atoms with Crippen molar-refractivity contribution >= 4 is 28.5 Å². The number of H-pyrrole nitrogens is 1. The molecule has 1 unspecified atom stereocenters. The van der Waals surface area contributed by atoms with Crippen molar-refractivity contribution in [3.8, 4) is 22.6 Å². The van der Waals surface area contributed by atoms with E-state index in [0.29, 0.717) is 22.3 Å². The second-order valence-corrected chi connectivity index (χ2v) is 10.0. The summed E-state index contributed by atoms with van der Waals surface area (Å²) in [6.07, 6.45) is 11.4. The van der Waals surface area contributed by atoms with Crippen molar-refractivity contribution in [3.63, 3.8) is 0 Å². The average molecular weight is 532 g/mol. The Labute approximate surface area is 223 Å². The van der Waals surface area contributed by atoms with Crippen LogP contribution in [-0.4, -0.2) is 47.0 Å². The Morgan fingerprint density at radius 3 is 2.79 bits per heavy atom. The number of aromatic amines is 1. The van der Waals surface area contributed by atoms with Gasteiger partial charge in [-0.05, 0) is 31.0 Å². The minimum Gasteiger partial charge on any atom is -0.417 e. The third-order valence-corrected chi connectivity index (χ3v) is 7.30. The van der Waals surface area contributed by atoms with Crippen molar-refractivity contribution in [2.24, 2.45) is 7.05 Å². The standard InChI is InChI=1S/C27H26ClN7O3/c1-35-14-17(12-31-35)16-9-20-21(13-30-24(20)29-11-16)26-33-34-27(38-26)23(36)19-8-7-15(10-22(19)28)25(37)32-18-5-3-2-4-6-18/h7-14,18,23,36H,2-6H2,1H3,(H,29,30)(H,32,37). The molecular formula is C27H26ClN7O3. The fourth-order valence-electron chi connectivity index (χ4n) is 4.90. The van der Waals surface area contributed by atoms with Crippen molar-refractivity contribution in [3.05, 3.63) is 71.1 Å². The molecule has 1 aliphatic carbocycles. The van der Waals surface area contributed by atoms with Crippen LogP contribution in [0.5, 0.6) is 0 Å². The van der Waals surface area contributed by atoms with Crippen molar-refractivity contribution in [2.75, 3.05) is 0 Å². The van der Waals surface area contributed by atoms with E-state index in [9.17, 15) is 9.90 Å². The lowest BCUT2D eigenvalue weighted by molar-refractivity contribution is 0.0927. The van der Waals surface area contributed by atoms with E-state index < -0.39 is 6.10 Å². The summed E-state index contributed by atoms with van der Waals surface area (Å²) < 4.78 is 7.59. The van der Waals surface area contributed by atoms with E-state index >= 15 is 0 Å². The maximum atomic E-state index is 12.7. The molecule has 0 radical (unpaired) electrons. The summed E-state index contributed by atoms with van der Waals surface area (Å²) in [5, 5.41) is 27.5. The SMILES string of the molecule is Cn1cc(-c2cnc3[nH]cc(-c4nnc(C(O)c5ccc(C(=O)NC6CCCCC6)cc5Cl)o4)c3c2)cn1. The summed E-state index contributed by atoms with van der Waals surface area (Å²) >= 11 is 6.47. The molecule has 1 amide bonds. The highest BCUT2D eigenvalue weighted by molar-refractivity contribution is 6.31. The molecule has 11 heteroatoms. The molecule has 1 atom stereocenters. The number of nitrogens with one attached hydrogen (secondary N) is 2. The van der Waals surface area contributed by atoms with Crippen LogP contribution in [-0.2, 0) is 7.05 Å². The molecule has 0 saturated heterocycles. The summed E-state index contributed by atoms with van der Waals surface area (Å²) in [6.45, 7) is 0. The number of halogens is 1. The highest BCUT2D eigenvalue weighted by Crippen LogP contribution is 2.33. The van der Waals surface area contributed by atoms with Crippen LogP contribution in [0.15, 0.2) is 53.5 Å². The first-order valence-corrected chi connectivity index (χ1v) is 12.9. The van der Waals surface area contributed by atoms with Gasteiger partial charge < -0.3 is 19.8 Å². The van der Waals surface area contributed by atoms with Gasteiger partial charge in [-0.15, -0.1) is 10.2 Å². The second kappa shape index (κ2) is 10.0. The third kappa shape index (κ3) is 4.68. The van der Waals surface area contributed by atoms with Gasteiger partial charge in [-0.2, -0.15) is 5.10 Å². The number of carbonyl (C=O) groups is 1. The number of aromatic nitrogens is 6. The van der Waals surface area contributed by atoms with Crippen molar-refractivity contribution in [1.82, 2.24) is 35.3 Å². The number of nitrogens with zero attached hydrogens (tertiary/aromatic N) is 5. The molecule has 3 N–H and O–H groups in total. The van der Waals surface area contributed by atoms with Crippen LogP contribution in [0.2, 0.25) is 5.02 Å². The number of benzene rings is 1. The molecule has 194 valence electrons. The predicted molar refractivity (Wildman–Crippen MR) is 141 cm³/mol. The Bertz CT molecular complexity index is 1620. The topological polar surface area (TPSA) is 135 Å². The number of pyridine rings is 1. The maximum Gasteiger partial charge on any atom is 0.251 e. The van der Waals surface area contributed by atoms with Crippen LogP contribution >= 0.6 is 11.6 Å². The summed E-state index contributed by atoms with van der Waals surface area (Å²) in [4.78, 5) is 20.3. The van der Waals surface area contributed by atoms with Gasteiger partial charge in [0, 0.05) is 64.3 Å². The fraction of sp³-hybridized carbons (Fsp3) is 0.296. The highest BCUT2D eigenvalue weighted by Gasteiger charge is 2.24. The Balaban J connectivity index is 1.23. The quantitative estimate of drug-likeness (QED) is 0.286. The zero-order valence-electron chi connectivity index (χ0n) is 20.7. The number of hydrogen-bond acceptors (Lipinski definition) is 7. The molecule has 38 heavy (non-hydrogen) atoms. The first kappa shape index (κ1) is 24.3. The molecule has 1 fully saturated rings. The van der Waals surface area contributed by atoms with E-state index in [1.165, 1.54) is 6.42 Å². The van der Waals surface area contributed by atoms with Crippen LogP contribution in [0.4, 0.5) is 0 Å². The number of fused-ring (bicyclic) bond motifs is 1. The molecule has 4 aromatic heterocycles. The van der Waals surface area contributed by atoms with Gasteiger partial charge in [0.1, 0.15) is 5.65 Å². The van der Waals surface area contributed by atoms with Gasteiger partial charge in [0.25, 0.3) is 5.91 Å². The largest absolute Gasteiger partial charge is 0.417 e. The van der Waals surface area contributed by atoms with E-state index in [1.54, 1.807) is 41.5 Å². The predicted octanol–water partition coefficient (Wildman–Crippen LogP) is 4.81. The minimum absolute atomic E-state index is 0.00738. The lowest BCUT2D eigenvalue weighted by atomic mass is 9.95. The van der Waals surface area contributed by atoms with Crippen LogP contribution < -0.4 is 5.32 Å². The van der Waals surface area contributed by atoms with Gasteiger partial charge in [0.15, 0.2) is 6.10 Å². The van der Waals surface area contributed by atoms with Gasteiger partial charge in [0.05, 0.1) is 11.8 Å². The van der Waals surface area contributed by atoms with Gasteiger partial charge in [-0.1, -0.05) is 36.9 Å². The fourth-order valence-corrected chi connectivity index (χ4v) is 5.19. The van der Waals surface area contributed by atoms with Gasteiger partial charge in [0.2, 0.25) is 11.8 Å². The van der Waals surface area contributed by atoms with Crippen LogP contribution in [0.25, 0.3) is 33.6 Å². The lowest BCUT2D eigenvalue weighted by Gasteiger charge is -2.23. The minimum atomic E-state index is -1.26. The Morgan fingerprint density at radius 1 is 1.18 bits per heavy atom. The summed E-state index contributed by atoms with van der Waals surface area (Å²) in [6, 6.07) is 6.98. The molecule has 4 heterocycles. The van der Waals surface area contributed by atoms with Crippen LogP contribution in [0.3, 0.4) is 0 Å². The number of aliphatic hydroxyl groups excluding tert-OH is 1. The van der Waals surface area contributed by atoms with E-state index in [-0.39, 0.29) is 28.8 Å². The lowest BCUT2D eigenvalue weighted by Crippen LogP contribution is -2.36. The second-order valence-electron chi connectivity index (χ2n) is 9.62. The van der Waals surface area contributed by atoms with E-state index in [4.69, 9.17) is 16.0 Å². The van der Waals surface area contributed by atoms with Gasteiger partial charge in [-0.25, -0.2) is 4.98 Å². The zero-order chi connectivity index (χ0) is 26.2. The monoisotopic (exact) mass is 531 g/mol.